The van der Waals surface area contributed by atoms with E-state index in [-0.39, 0.29) is 18.1 Å². The number of fused-ring (bicyclic) bond motifs is 3. The van der Waals surface area contributed by atoms with Crippen LogP contribution >= 0.6 is 0 Å². The molecule has 46 heavy (non-hydrogen) atoms. The lowest BCUT2D eigenvalue weighted by atomic mass is 9.83. The maximum Gasteiger partial charge on any atom is 0.143 e. The summed E-state index contributed by atoms with van der Waals surface area (Å²) in [4.78, 5) is 2.46. The van der Waals surface area contributed by atoms with Crippen LogP contribution < -0.4 is 14.4 Å². The number of ether oxygens (including phenoxy) is 2. The van der Waals surface area contributed by atoms with Gasteiger partial charge in [-0.2, -0.15) is 0 Å². The first-order valence-electron chi connectivity index (χ1n) is 16.4. The van der Waals surface area contributed by atoms with E-state index in [1.807, 2.05) is 0 Å². The maximum absolute atomic E-state index is 6.89. The number of hydrogen-bond acceptors (Lipinski definition) is 3. The lowest BCUT2D eigenvalue weighted by Gasteiger charge is -2.45. The van der Waals surface area contributed by atoms with E-state index < -0.39 is 0 Å². The molecule has 2 aliphatic rings. The van der Waals surface area contributed by atoms with Gasteiger partial charge in [-0.25, -0.2) is 0 Å². The van der Waals surface area contributed by atoms with Gasteiger partial charge in [0.15, 0.2) is 0 Å². The van der Waals surface area contributed by atoms with Crippen LogP contribution in [0.15, 0.2) is 158 Å². The van der Waals surface area contributed by atoms with Gasteiger partial charge in [-0.1, -0.05) is 127 Å². The third kappa shape index (κ3) is 5.65. The standard InChI is InChI=1S/C43H37NO2/c1-3-14-32(15-4-1)34-18-11-13-31(27-34)25-26-36-29-43-40(30-45-41-23-9-7-21-38(36)41)44(39-22-8-10-24-42(39)46-43)37-20-12-19-35(28-37)33-16-5-2-6-17-33/h1-24,27-28,36,40,43H,25-26,29-30H2. The van der Waals surface area contributed by atoms with E-state index in [1.54, 1.807) is 0 Å². The molecule has 3 heteroatoms. The van der Waals surface area contributed by atoms with Crippen molar-refractivity contribution in [3.8, 4) is 33.8 Å². The Morgan fingerprint density at radius 3 is 1.98 bits per heavy atom. The molecule has 226 valence electrons. The fraction of sp³-hybridized carbons (Fsp3) is 0.163. The predicted molar refractivity (Wildman–Crippen MR) is 188 cm³/mol. The zero-order valence-electron chi connectivity index (χ0n) is 25.8. The average molecular weight is 600 g/mol. The maximum atomic E-state index is 6.89. The Labute approximate surface area is 271 Å². The van der Waals surface area contributed by atoms with E-state index in [0.29, 0.717) is 6.61 Å². The van der Waals surface area contributed by atoms with Gasteiger partial charge >= 0.3 is 0 Å². The molecule has 3 atom stereocenters. The highest BCUT2D eigenvalue weighted by Gasteiger charge is 2.40. The van der Waals surface area contributed by atoms with Gasteiger partial charge in [-0.05, 0) is 88.9 Å². The molecule has 8 rings (SSSR count). The smallest absolute Gasteiger partial charge is 0.143 e. The van der Waals surface area contributed by atoms with Crippen LogP contribution in [-0.2, 0) is 6.42 Å². The molecule has 0 aromatic heterocycles. The summed E-state index contributed by atoms with van der Waals surface area (Å²) in [6, 6.07) is 56.2. The lowest BCUT2D eigenvalue weighted by Crippen LogP contribution is -2.52. The normalized spacial score (nSPS) is 18.5. The topological polar surface area (TPSA) is 21.7 Å². The second-order valence-electron chi connectivity index (χ2n) is 12.4. The van der Waals surface area contributed by atoms with Crippen LogP contribution in [-0.4, -0.2) is 18.8 Å². The Hall–Kier alpha value is -5.28. The molecule has 2 heterocycles. The molecular weight excluding hydrogens is 562 g/mol. The van der Waals surface area contributed by atoms with Crippen LogP contribution in [0.4, 0.5) is 11.4 Å². The van der Waals surface area contributed by atoms with Crippen molar-refractivity contribution < 1.29 is 9.47 Å². The van der Waals surface area contributed by atoms with Gasteiger partial charge in [0.25, 0.3) is 0 Å². The van der Waals surface area contributed by atoms with Crippen molar-refractivity contribution in [2.24, 2.45) is 0 Å². The first kappa shape index (κ1) is 28.2. The van der Waals surface area contributed by atoms with Crippen LogP contribution in [0.3, 0.4) is 0 Å². The monoisotopic (exact) mass is 599 g/mol. The summed E-state index contributed by atoms with van der Waals surface area (Å²) in [6.45, 7) is 0.539. The van der Waals surface area contributed by atoms with Crippen molar-refractivity contribution in [2.45, 2.75) is 37.3 Å². The number of para-hydroxylation sites is 3. The highest BCUT2D eigenvalue weighted by atomic mass is 16.5. The molecule has 6 aromatic rings. The quantitative estimate of drug-likeness (QED) is 0.190. The largest absolute Gasteiger partial charge is 0.491 e. The third-order valence-electron chi connectivity index (χ3n) is 9.50. The number of anilines is 2. The molecule has 0 amide bonds. The second-order valence-corrected chi connectivity index (χ2v) is 12.4. The van der Waals surface area contributed by atoms with Gasteiger partial charge in [0.05, 0.1) is 5.69 Å². The highest BCUT2D eigenvalue weighted by Crippen LogP contribution is 2.46. The number of hydrogen-bond donors (Lipinski definition) is 0. The van der Waals surface area contributed by atoms with Gasteiger partial charge in [0.2, 0.25) is 0 Å². The van der Waals surface area contributed by atoms with E-state index >= 15 is 0 Å². The number of rotatable bonds is 6. The van der Waals surface area contributed by atoms with Crippen molar-refractivity contribution in [3.05, 3.63) is 169 Å². The fourth-order valence-corrected chi connectivity index (χ4v) is 7.21. The van der Waals surface area contributed by atoms with Crippen molar-refractivity contribution in [3.63, 3.8) is 0 Å². The molecule has 0 saturated heterocycles. The molecular formula is C43H37NO2. The molecule has 2 aliphatic heterocycles. The number of nitrogens with zero attached hydrogens (tertiary/aromatic N) is 1. The molecule has 0 bridgehead atoms. The Morgan fingerprint density at radius 2 is 1.20 bits per heavy atom. The van der Waals surface area contributed by atoms with E-state index in [9.17, 15) is 0 Å². The summed E-state index contributed by atoms with van der Waals surface area (Å²) >= 11 is 0. The van der Waals surface area contributed by atoms with Crippen molar-refractivity contribution in [1.82, 2.24) is 0 Å². The van der Waals surface area contributed by atoms with Gasteiger partial charge in [-0.3, -0.25) is 0 Å². The van der Waals surface area contributed by atoms with E-state index in [4.69, 9.17) is 9.47 Å². The van der Waals surface area contributed by atoms with Crippen LogP contribution in [0, 0.1) is 0 Å². The van der Waals surface area contributed by atoms with Crippen molar-refractivity contribution in [2.75, 3.05) is 11.5 Å². The summed E-state index contributed by atoms with van der Waals surface area (Å²) in [6.07, 6.45) is 2.86. The van der Waals surface area contributed by atoms with Crippen molar-refractivity contribution >= 4 is 11.4 Å². The lowest BCUT2D eigenvalue weighted by molar-refractivity contribution is 0.101. The van der Waals surface area contributed by atoms with E-state index in [1.165, 1.54) is 33.4 Å². The first-order chi connectivity index (χ1) is 22.8. The predicted octanol–water partition coefficient (Wildman–Crippen LogP) is 10.5. The van der Waals surface area contributed by atoms with Crippen molar-refractivity contribution in [1.29, 1.82) is 0 Å². The van der Waals surface area contributed by atoms with Gasteiger partial charge in [0, 0.05) is 5.69 Å². The number of benzene rings is 6. The summed E-state index contributed by atoms with van der Waals surface area (Å²) < 4.78 is 13.6. The number of aryl methyl sites for hydroxylation is 1. The minimum absolute atomic E-state index is 0.0122. The first-order valence-corrected chi connectivity index (χ1v) is 16.4. The van der Waals surface area contributed by atoms with E-state index in [0.717, 1.165) is 42.1 Å². The second kappa shape index (κ2) is 12.6. The van der Waals surface area contributed by atoms with Crippen LogP contribution in [0.2, 0.25) is 0 Å². The Kier molecular flexibility index (Phi) is 7.73. The SMILES string of the molecule is c1ccc(-c2cccc(CCC3CC4Oc5ccccc5N(c5cccc(-c6ccccc6)c5)C4COc4ccccc43)c2)cc1. The van der Waals surface area contributed by atoms with E-state index in [2.05, 4.69) is 163 Å². The summed E-state index contributed by atoms with van der Waals surface area (Å²) in [5.41, 5.74) is 9.79. The molecule has 0 radical (unpaired) electrons. The molecule has 0 saturated carbocycles. The van der Waals surface area contributed by atoms with Crippen LogP contribution in [0.25, 0.3) is 22.3 Å². The molecule has 3 nitrogen and oxygen atoms in total. The fourth-order valence-electron chi connectivity index (χ4n) is 7.21. The van der Waals surface area contributed by atoms with Gasteiger partial charge in [0.1, 0.15) is 30.3 Å². The molecule has 6 aromatic carbocycles. The summed E-state index contributed by atoms with van der Waals surface area (Å²) in [5, 5.41) is 0. The van der Waals surface area contributed by atoms with Gasteiger partial charge < -0.3 is 14.4 Å². The summed E-state index contributed by atoms with van der Waals surface area (Å²) in [5.74, 6) is 2.20. The molecule has 0 aliphatic carbocycles. The Bertz CT molecular complexity index is 1940. The molecule has 0 spiro atoms. The van der Waals surface area contributed by atoms with Crippen LogP contribution in [0.1, 0.15) is 29.9 Å². The average Bonchev–Trinajstić information content (AvgIpc) is 3.12. The molecule has 3 unspecified atom stereocenters. The summed E-state index contributed by atoms with van der Waals surface area (Å²) in [7, 11) is 0. The van der Waals surface area contributed by atoms with Gasteiger partial charge in [-0.15, -0.1) is 0 Å². The molecule has 0 N–H and O–H groups in total. The third-order valence-corrected chi connectivity index (χ3v) is 9.50. The Morgan fingerprint density at radius 1 is 0.565 bits per heavy atom. The minimum Gasteiger partial charge on any atom is -0.491 e. The zero-order valence-corrected chi connectivity index (χ0v) is 25.8. The Balaban J connectivity index is 1.13. The van der Waals surface area contributed by atoms with Crippen LogP contribution in [0.5, 0.6) is 11.5 Å². The minimum atomic E-state index is -0.0377. The highest BCUT2D eigenvalue weighted by molar-refractivity contribution is 5.76. The zero-order chi connectivity index (χ0) is 30.7. The molecule has 0 fully saturated rings.